The van der Waals surface area contributed by atoms with Gasteiger partial charge in [0, 0.05) is 18.5 Å². The average molecular weight is 202 g/mol. The monoisotopic (exact) mass is 202 g/mol. The van der Waals surface area contributed by atoms with Gasteiger partial charge in [-0.25, -0.2) is 4.99 Å². The first-order valence-electron chi connectivity index (χ1n) is 4.53. The highest BCUT2D eigenvalue weighted by atomic mass is 16.5. The summed E-state index contributed by atoms with van der Waals surface area (Å²) < 4.78 is 1.01. The second kappa shape index (κ2) is 3.57. The van der Waals surface area contributed by atoms with E-state index in [2.05, 4.69) is 4.99 Å². The Morgan fingerprint density at radius 2 is 2.07 bits per heavy atom. The number of nitrogens with zero attached hydrogens (tertiary/aromatic N) is 2. The molecule has 0 saturated carbocycles. The molecule has 4 heteroatoms. The molecule has 1 aromatic carbocycles. The third-order valence-corrected chi connectivity index (χ3v) is 2.08. The molecule has 0 saturated heterocycles. The topological polar surface area (TPSA) is 54.6 Å². The maximum Gasteiger partial charge on any atom is 0.243 e. The molecule has 1 heterocycles. The molecule has 0 unspecified atom stereocenters. The summed E-state index contributed by atoms with van der Waals surface area (Å²) in [5, 5.41) is 10.8. The van der Waals surface area contributed by atoms with E-state index in [0.29, 0.717) is 10.9 Å². The van der Waals surface area contributed by atoms with Crippen molar-refractivity contribution in [2.75, 3.05) is 0 Å². The van der Waals surface area contributed by atoms with Gasteiger partial charge in [-0.2, -0.15) is 4.73 Å². The lowest BCUT2D eigenvalue weighted by Gasteiger charge is -2.02. The van der Waals surface area contributed by atoms with Crippen LogP contribution < -0.4 is 5.36 Å². The minimum atomic E-state index is -0.254. The van der Waals surface area contributed by atoms with Crippen LogP contribution in [0.1, 0.15) is 6.92 Å². The van der Waals surface area contributed by atoms with Gasteiger partial charge in [0.2, 0.25) is 5.91 Å². The summed E-state index contributed by atoms with van der Waals surface area (Å²) in [6.45, 7) is 1.40. The molecular weight excluding hydrogens is 192 g/mol. The van der Waals surface area contributed by atoms with E-state index in [1.165, 1.54) is 13.1 Å². The predicted octanol–water partition coefficient (Wildman–Crippen LogP) is 1.33. The molecule has 0 aliphatic heterocycles. The standard InChI is InChI=1S/C11H10N2O2/c1-8(14)12-10-6-7-13(15)11-5-3-2-4-9(10)11/h2-7,15H,1H3. The number of rotatable bonds is 0. The first-order valence-corrected chi connectivity index (χ1v) is 4.53. The van der Waals surface area contributed by atoms with Gasteiger partial charge in [0.1, 0.15) is 0 Å². The largest absolute Gasteiger partial charge is 0.428 e. The molecule has 0 aliphatic rings. The van der Waals surface area contributed by atoms with E-state index in [-0.39, 0.29) is 5.91 Å². The molecule has 0 atom stereocenters. The molecule has 4 nitrogen and oxygen atoms in total. The molecule has 0 aliphatic carbocycles. The van der Waals surface area contributed by atoms with E-state index in [1.807, 2.05) is 18.2 Å². The number of hydrogen-bond donors (Lipinski definition) is 1. The van der Waals surface area contributed by atoms with Crippen molar-refractivity contribution >= 4 is 16.8 Å². The van der Waals surface area contributed by atoms with Crippen LogP contribution in [0.15, 0.2) is 41.5 Å². The normalized spacial score (nSPS) is 11.9. The van der Waals surface area contributed by atoms with Crippen LogP contribution in [0, 0.1) is 0 Å². The predicted molar refractivity (Wildman–Crippen MR) is 55.4 cm³/mol. The van der Waals surface area contributed by atoms with E-state index in [0.717, 1.165) is 10.1 Å². The summed E-state index contributed by atoms with van der Waals surface area (Å²) in [6.07, 6.45) is 1.46. The number of para-hydroxylation sites is 1. The fourth-order valence-electron chi connectivity index (χ4n) is 1.47. The number of hydrogen-bond acceptors (Lipinski definition) is 2. The van der Waals surface area contributed by atoms with Gasteiger partial charge in [-0.15, -0.1) is 0 Å². The van der Waals surface area contributed by atoms with Crippen molar-refractivity contribution in [1.82, 2.24) is 4.73 Å². The molecule has 1 amide bonds. The summed E-state index contributed by atoms with van der Waals surface area (Å²) in [5.74, 6) is -0.254. The van der Waals surface area contributed by atoms with Crippen LogP contribution in [0.3, 0.4) is 0 Å². The first-order chi connectivity index (χ1) is 7.18. The van der Waals surface area contributed by atoms with Crippen molar-refractivity contribution in [2.24, 2.45) is 4.99 Å². The second-order valence-corrected chi connectivity index (χ2v) is 3.19. The van der Waals surface area contributed by atoms with E-state index in [4.69, 9.17) is 0 Å². The van der Waals surface area contributed by atoms with Crippen molar-refractivity contribution in [1.29, 1.82) is 0 Å². The van der Waals surface area contributed by atoms with Crippen molar-refractivity contribution in [3.8, 4) is 0 Å². The maximum atomic E-state index is 10.9. The summed E-state index contributed by atoms with van der Waals surface area (Å²) in [7, 11) is 0. The third kappa shape index (κ3) is 1.74. The Labute approximate surface area is 86.1 Å². The van der Waals surface area contributed by atoms with Gasteiger partial charge in [0.05, 0.1) is 10.9 Å². The van der Waals surface area contributed by atoms with Gasteiger partial charge in [-0.1, -0.05) is 18.2 Å². The van der Waals surface area contributed by atoms with Gasteiger partial charge >= 0.3 is 0 Å². The highest BCUT2D eigenvalue weighted by Gasteiger charge is 1.99. The fourth-order valence-corrected chi connectivity index (χ4v) is 1.47. The van der Waals surface area contributed by atoms with Crippen LogP contribution in [0.4, 0.5) is 0 Å². The number of aromatic nitrogens is 1. The number of pyridine rings is 1. The van der Waals surface area contributed by atoms with Crippen LogP contribution in [-0.4, -0.2) is 15.8 Å². The van der Waals surface area contributed by atoms with E-state index in [9.17, 15) is 10.0 Å². The van der Waals surface area contributed by atoms with Gasteiger partial charge < -0.3 is 5.21 Å². The van der Waals surface area contributed by atoms with E-state index in [1.54, 1.807) is 12.1 Å². The van der Waals surface area contributed by atoms with Crippen LogP contribution in [0.25, 0.3) is 10.9 Å². The molecule has 0 bridgehead atoms. The van der Waals surface area contributed by atoms with Gasteiger partial charge in [-0.05, 0) is 12.1 Å². The lowest BCUT2D eigenvalue weighted by molar-refractivity contribution is -0.116. The molecule has 2 rings (SSSR count). The zero-order chi connectivity index (χ0) is 10.8. The quantitative estimate of drug-likeness (QED) is 0.655. The summed E-state index contributed by atoms with van der Waals surface area (Å²) >= 11 is 0. The highest BCUT2D eigenvalue weighted by molar-refractivity contribution is 5.81. The van der Waals surface area contributed by atoms with Crippen molar-refractivity contribution < 1.29 is 10.0 Å². The number of benzene rings is 1. The van der Waals surface area contributed by atoms with Crippen LogP contribution in [-0.2, 0) is 4.79 Å². The number of fused-ring (bicyclic) bond motifs is 1. The van der Waals surface area contributed by atoms with Crippen molar-refractivity contribution in [3.05, 3.63) is 41.9 Å². The summed E-state index contributed by atoms with van der Waals surface area (Å²) in [6, 6.07) is 8.82. The molecule has 15 heavy (non-hydrogen) atoms. The first kappa shape index (κ1) is 9.45. The maximum absolute atomic E-state index is 10.9. The van der Waals surface area contributed by atoms with Crippen LogP contribution >= 0.6 is 0 Å². The molecule has 1 N–H and O–H groups in total. The second-order valence-electron chi connectivity index (χ2n) is 3.19. The third-order valence-electron chi connectivity index (χ3n) is 2.08. The van der Waals surface area contributed by atoms with E-state index < -0.39 is 0 Å². The lowest BCUT2D eigenvalue weighted by atomic mass is 10.2. The smallest absolute Gasteiger partial charge is 0.243 e. The Kier molecular flexibility index (Phi) is 2.25. The summed E-state index contributed by atoms with van der Waals surface area (Å²) in [4.78, 5) is 14.8. The Morgan fingerprint density at radius 1 is 1.33 bits per heavy atom. The number of amides is 1. The van der Waals surface area contributed by atoms with Crippen molar-refractivity contribution in [3.63, 3.8) is 0 Å². The lowest BCUT2D eigenvalue weighted by Crippen LogP contribution is -2.09. The SMILES string of the molecule is CC(=O)N=c1ccn(O)c2ccccc12. The molecule has 76 valence electrons. The summed E-state index contributed by atoms with van der Waals surface area (Å²) in [5.41, 5.74) is 0.625. The molecule has 0 radical (unpaired) electrons. The van der Waals surface area contributed by atoms with Crippen LogP contribution in [0.2, 0.25) is 0 Å². The molecule has 0 fully saturated rings. The molecule has 2 aromatic rings. The van der Waals surface area contributed by atoms with Crippen LogP contribution in [0.5, 0.6) is 0 Å². The van der Waals surface area contributed by atoms with Gasteiger partial charge in [-0.3, -0.25) is 4.79 Å². The highest BCUT2D eigenvalue weighted by Crippen LogP contribution is 2.07. The molecular formula is C11H10N2O2. The Balaban J connectivity index is 2.89. The minimum absolute atomic E-state index is 0.254. The minimum Gasteiger partial charge on any atom is -0.428 e. The number of carbonyl (C=O) groups is 1. The van der Waals surface area contributed by atoms with Gasteiger partial charge in [0.25, 0.3) is 0 Å². The molecule has 0 spiro atoms. The Morgan fingerprint density at radius 3 is 2.80 bits per heavy atom. The fraction of sp³-hybridized carbons (Fsp3) is 0.0909. The van der Waals surface area contributed by atoms with Crippen molar-refractivity contribution in [2.45, 2.75) is 6.92 Å². The van der Waals surface area contributed by atoms with E-state index >= 15 is 0 Å². The Hall–Kier alpha value is -2.10. The van der Waals surface area contributed by atoms with Gasteiger partial charge in [0.15, 0.2) is 0 Å². The zero-order valence-corrected chi connectivity index (χ0v) is 8.21. The number of carbonyl (C=O) groups excluding carboxylic acids is 1. The Bertz CT molecular complexity index is 584. The molecule has 1 aromatic heterocycles. The average Bonchev–Trinajstić information content (AvgIpc) is 2.22. The zero-order valence-electron chi connectivity index (χ0n) is 8.21.